The fourth-order valence-electron chi connectivity index (χ4n) is 3.60. The van der Waals surface area contributed by atoms with Crippen molar-refractivity contribution in [2.45, 2.75) is 33.1 Å². The number of nitrogens with one attached hydrogen (secondary N) is 1. The second-order valence-electron chi connectivity index (χ2n) is 7.72. The van der Waals surface area contributed by atoms with Crippen LogP contribution in [0.5, 0.6) is 0 Å². The number of fused-ring (bicyclic) bond motifs is 2. The fraction of sp³-hybridized carbons (Fsp3) is 0.240. The molecule has 4 rings (SSSR count). The summed E-state index contributed by atoms with van der Waals surface area (Å²) in [6.45, 7) is 4.59. The number of unbranched alkanes of at least 4 members (excludes halogenated alkanes) is 1. The number of amides is 1. The Bertz CT molecular complexity index is 1280. The van der Waals surface area contributed by atoms with E-state index in [1.54, 1.807) is 18.3 Å². The lowest BCUT2D eigenvalue weighted by molar-refractivity contribution is 0.0952. The SMILES string of the molecule is Cc1cc2nc3ccc(C(=O)NCCCCc4ccccc4)cn3c(=O)c2cc1C. The number of aromatic nitrogens is 2. The van der Waals surface area contributed by atoms with E-state index in [4.69, 9.17) is 0 Å². The van der Waals surface area contributed by atoms with Crippen LogP contribution in [0.15, 0.2) is 65.6 Å². The van der Waals surface area contributed by atoms with Crippen molar-refractivity contribution in [1.82, 2.24) is 14.7 Å². The summed E-state index contributed by atoms with van der Waals surface area (Å²) < 4.78 is 1.46. The lowest BCUT2D eigenvalue weighted by atomic mass is 10.1. The maximum atomic E-state index is 13.0. The molecular weight excluding hydrogens is 374 g/mol. The summed E-state index contributed by atoms with van der Waals surface area (Å²) in [6, 6.07) is 17.6. The Morgan fingerprint density at radius 1 is 1.00 bits per heavy atom. The third-order valence-electron chi connectivity index (χ3n) is 5.51. The maximum absolute atomic E-state index is 13.0. The third-order valence-corrected chi connectivity index (χ3v) is 5.51. The van der Waals surface area contributed by atoms with Gasteiger partial charge in [-0.25, -0.2) is 4.98 Å². The lowest BCUT2D eigenvalue weighted by Gasteiger charge is -2.09. The quantitative estimate of drug-likeness (QED) is 0.390. The first kappa shape index (κ1) is 19.8. The molecule has 2 aromatic carbocycles. The highest BCUT2D eigenvalue weighted by atomic mass is 16.1. The Labute approximate surface area is 175 Å². The molecule has 1 N–H and O–H groups in total. The normalized spacial score (nSPS) is 11.1. The molecule has 0 radical (unpaired) electrons. The van der Waals surface area contributed by atoms with Crippen molar-refractivity contribution >= 4 is 22.5 Å². The van der Waals surface area contributed by atoms with Crippen LogP contribution >= 0.6 is 0 Å². The van der Waals surface area contributed by atoms with E-state index in [-0.39, 0.29) is 11.5 Å². The molecule has 0 aliphatic heterocycles. The lowest BCUT2D eigenvalue weighted by Crippen LogP contribution is -2.26. The van der Waals surface area contributed by atoms with Crippen molar-refractivity contribution in [2.24, 2.45) is 0 Å². The van der Waals surface area contributed by atoms with Gasteiger partial charge in [-0.1, -0.05) is 30.3 Å². The maximum Gasteiger partial charge on any atom is 0.265 e. The van der Waals surface area contributed by atoms with Gasteiger partial charge in [0.25, 0.3) is 11.5 Å². The molecule has 5 nitrogen and oxygen atoms in total. The summed E-state index contributed by atoms with van der Waals surface area (Å²) in [5, 5.41) is 3.51. The van der Waals surface area contributed by atoms with E-state index in [2.05, 4.69) is 22.4 Å². The number of carbonyl (C=O) groups is 1. The Morgan fingerprint density at radius 3 is 2.57 bits per heavy atom. The van der Waals surface area contributed by atoms with Crippen LogP contribution in [0, 0.1) is 13.8 Å². The second-order valence-corrected chi connectivity index (χ2v) is 7.72. The van der Waals surface area contributed by atoms with Gasteiger partial charge >= 0.3 is 0 Å². The van der Waals surface area contributed by atoms with E-state index in [1.165, 1.54) is 9.96 Å². The zero-order valence-electron chi connectivity index (χ0n) is 17.3. The van der Waals surface area contributed by atoms with E-state index in [0.717, 1.165) is 30.4 Å². The first-order valence-electron chi connectivity index (χ1n) is 10.3. The van der Waals surface area contributed by atoms with Crippen LogP contribution in [0.2, 0.25) is 0 Å². The van der Waals surface area contributed by atoms with Crippen LogP contribution in [0.4, 0.5) is 0 Å². The molecule has 30 heavy (non-hydrogen) atoms. The number of aryl methyl sites for hydroxylation is 3. The van der Waals surface area contributed by atoms with Crippen molar-refractivity contribution in [3.63, 3.8) is 0 Å². The molecule has 0 bridgehead atoms. The molecule has 0 atom stereocenters. The van der Waals surface area contributed by atoms with Crippen LogP contribution in [-0.2, 0) is 6.42 Å². The summed E-state index contributed by atoms with van der Waals surface area (Å²) in [5.74, 6) is -0.177. The van der Waals surface area contributed by atoms with Gasteiger partial charge in [-0.15, -0.1) is 0 Å². The van der Waals surface area contributed by atoms with Crippen LogP contribution in [0.1, 0.15) is 39.9 Å². The highest BCUT2D eigenvalue weighted by molar-refractivity contribution is 5.94. The van der Waals surface area contributed by atoms with E-state index in [1.807, 2.05) is 44.2 Å². The first-order chi connectivity index (χ1) is 14.5. The van der Waals surface area contributed by atoms with Gasteiger partial charge in [0, 0.05) is 12.7 Å². The molecular formula is C25H25N3O2. The number of hydrogen-bond donors (Lipinski definition) is 1. The smallest absolute Gasteiger partial charge is 0.265 e. The minimum absolute atomic E-state index is 0.157. The number of nitrogens with zero attached hydrogens (tertiary/aromatic N) is 2. The van der Waals surface area contributed by atoms with Gasteiger partial charge in [-0.05, 0) is 74.1 Å². The molecule has 4 aromatic rings. The molecule has 0 saturated carbocycles. The van der Waals surface area contributed by atoms with Crippen molar-refractivity contribution in [3.8, 4) is 0 Å². The van der Waals surface area contributed by atoms with Crippen molar-refractivity contribution in [3.05, 3.63) is 93.4 Å². The standard InChI is InChI=1S/C25H25N3O2/c1-17-14-21-22(15-18(17)2)27-23-12-11-20(16-28(23)25(21)30)24(29)26-13-7-6-10-19-8-4-3-5-9-19/h3-5,8-9,11-12,14-16H,6-7,10,13H2,1-2H3,(H,26,29). The zero-order chi connectivity index (χ0) is 21.1. The van der Waals surface area contributed by atoms with Crippen LogP contribution in [-0.4, -0.2) is 21.8 Å². The molecule has 1 amide bonds. The minimum atomic E-state index is -0.177. The van der Waals surface area contributed by atoms with Gasteiger partial charge in [0.1, 0.15) is 5.65 Å². The van der Waals surface area contributed by atoms with E-state index >= 15 is 0 Å². The number of benzene rings is 2. The molecule has 2 aromatic heterocycles. The molecule has 0 aliphatic carbocycles. The fourth-order valence-corrected chi connectivity index (χ4v) is 3.60. The first-order valence-corrected chi connectivity index (χ1v) is 10.3. The minimum Gasteiger partial charge on any atom is -0.352 e. The van der Waals surface area contributed by atoms with Crippen molar-refractivity contribution in [1.29, 1.82) is 0 Å². The average Bonchev–Trinajstić information content (AvgIpc) is 2.75. The molecule has 0 saturated heterocycles. The highest BCUT2D eigenvalue weighted by Crippen LogP contribution is 2.16. The molecule has 0 aliphatic rings. The highest BCUT2D eigenvalue weighted by Gasteiger charge is 2.11. The predicted octanol–water partition coefficient (Wildman–Crippen LogP) is 4.22. The van der Waals surface area contributed by atoms with Crippen LogP contribution in [0.3, 0.4) is 0 Å². The summed E-state index contributed by atoms with van der Waals surface area (Å²) in [4.78, 5) is 30.1. The van der Waals surface area contributed by atoms with Crippen LogP contribution in [0.25, 0.3) is 16.6 Å². The number of hydrogen-bond acceptors (Lipinski definition) is 3. The Hall–Kier alpha value is -3.47. The van der Waals surface area contributed by atoms with Gasteiger partial charge in [0.2, 0.25) is 0 Å². The Morgan fingerprint density at radius 2 is 1.77 bits per heavy atom. The summed E-state index contributed by atoms with van der Waals surface area (Å²) >= 11 is 0. The van der Waals surface area contributed by atoms with Gasteiger partial charge in [-0.2, -0.15) is 0 Å². The third kappa shape index (κ3) is 4.10. The van der Waals surface area contributed by atoms with Gasteiger partial charge in [-0.3, -0.25) is 14.0 Å². The molecule has 0 spiro atoms. The summed E-state index contributed by atoms with van der Waals surface area (Å²) in [5.41, 5.74) is 4.97. The van der Waals surface area contributed by atoms with Gasteiger partial charge in [0.05, 0.1) is 16.5 Å². The van der Waals surface area contributed by atoms with Gasteiger partial charge in [0.15, 0.2) is 0 Å². The Kier molecular flexibility index (Phi) is 5.61. The summed E-state index contributed by atoms with van der Waals surface area (Å²) in [6.07, 6.45) is 4.49. The zero-order valence-corrected chi connectivity index (χ0v) is 17.3. The molecule has 5 heteroatoms. The van der Waals surface area contributed by atoms with Gasteiger partial charge < -0.3 is 5.32 Å². The molecule has 2 heterocycles. The molecule has 0 fully saturated rings. The number of pyridine rings is 1. The topological polar surface area (TPSA) is 63.5 Å². The second kappa shape index (κ2) is 8.49. The molecule has 152 valence electrons. The summed E-state index contributed by atoms with van der Waals surface area (Å²) in [7, 11) is 0. The molecule has 0 unspecified atom stereocenters. The number of rotatable bonds is 6. The Balaban J connectivity index is 1.46. The monoisotopic (exact) mass is 399 g/mol. The van der Waals surface area contributed by atoms with Crippen molar-refractivity contribution in [2.75, 3.05) is 6.54 Å². The average molecular weight is 399 g/mol. The van der Waals surface area contributed by atoms with Crippen LogP contribution < -0.4 is 10.9 Å². The predicted molar refractivity (Wildman–Crippen MR) is 120 cm³/mol. The largest absolute Gasteiger partial charge is 0.352 e. The van der Waals surface area contributed by atoms with Crippen molar-refractivity contribution < 1.29 is 4.79 Å². The van der Waals surface area contributed by atoms with E-state index in [9.17, 15) is 9.59 Å². The van der Waals surface area contributed by atoms with E-state index < -0.39 is 0 Å². The number of carbonyl (C=O) groups excluding carboxylic acids is 1. The van der Waals surface area contributed by atoms with E-state index in [0.29, 0.717) is 28.7 Å².